The van der Waals surface area contributed by atoms with Crippen LogP contribution in [0.3, 0.4) is 0 Å². The third-order valence-corrected chi connectivity index (χ3v) is 9.40. The van der Waals surface area contributed by atoms with Gasteiger partial charge in [0.25, 0.3) is 0 Å². The number of hydrogen-bond donors (Lipinski definition) is 3. The number of amides is 1. The van der Waals surface area contributed by atoms with Crippen LogP contribution < -0.4 is 10.6 Å². The van der Waals surface area contributed by atoms with Gasteiger partial charge in [0.2, 0.25) is 5.91 Å². The number of rotatable bonds is 34. The molecule has 0 fully saturated rings. The molecule has 5 nitrogen and oxygen atoms in total. The molecule has 0 aliphatic carbocycles. The van der Waals surface area contributed by atoms with Gasteiger partial charge in [-0.2, -0.15) is 0 Å². The van der Waals surface area contributed by atoms with Crippen molar-refractivity contribution in [1.82, 2.24) is 5.32 Å². The summed E-state index contributed by atoms with van der Waals surface area (Å²) in [5.41, 5.74) is 1.75. The second-order valence-corrected chi connectivity index (χ2v) is 13.9. The second kappa shape index (κ2) is 31.7. The van der Waals surface area contributed by atoms with Gasteiger partial charge in [-0.15, -0.1) is 0 Å². The molecule has 0 spiro atoms. The fraction of sp³-hybridized carbons (Fsp3) is 0.805. The van der Waals surface area contributed by atoms with Crippen molar-refractivity contribution in [3.05, 3.63) is 29.8 Å². The van der Waals surface area contributed by atoms with Crippen LogP contribution in [0.4, 0.5) is 5.69 Å². The highest BCUT2D eigenvalue weighted by Crippen LogP contribution is 2.16. The molecule has 1 atom stereocenters. The highest BCUT2D eigenvalue weighted by Gasteiger charge is 2.17. The minimum absolute atomic E-state index is 0.0640. The van der Waals surface area contributed by atoms with Crippen molar-refractivity contribution < 1.29 is 14.7 Å². The molecule has 5 heteroatoms. The lowest BCUT2D eigenvalue weighted by molar-refractivity contribution is -0.139. The Kier molecular flexibility index (Phi) is 29.0. The number of aliphatic carboxylic acids is 1. The fourth-order valence-corrected chi connectivity index (χ4v) is 6.33. The monoisotopic (exact) mass is 643 g/mol. The Bertz CT molecular complexity index is 826. The van der Waals surface area contributed by atoms with Crippen LogP contribution >= 0.6 is 0 Å². The average molecular weight is 643 g/mol. The first kappa shape index (κ1) is 42.1. The third kappa shape index (κ3) is 26.2. The molecule has 1 amide bonds. The Morgan fingerprint density at radius 3 is 1.30 bits per heavy atom. The van der Waals surface area contributed by atoms with Crippen molar-refractivity contribution in [2.24, 2.45) is 0 Å². The third-order valence-electron chi connectivity index (χ3n) is 9.40. The van der Waals surface area contributed by atoms with Crippen molar-refractivity contribution in [1.29, 1.82) is 0 Å². The van der Waals surface area contributed by atoms with E-state index in [9.17, 15) is 14.7 Å². The van der Waals surface area contributed by atoms with Gasteiger partial charge in [0.1, 0.15) is 6.04 Å². The molecule has 0 unspecified atom stereocenters. The number of nitrogens with one attached hydrogen (secondary N) is 2. The molecule has 0 heterocycles. The molecule has 1 rings (SSSR count). The highest BCUT2D eigenvalue weighted by molar-refractivity contribution is 5.90. The highest BCUT2D eigenvalue weighted by atomic mass is 16.4. The number of carboxylic acids is 1. The number of hydrogen-bond acceptors (Lipinski definition) is 3. The van der Waals surface area contributed by atoms with E-state index in [4.69, 9.17) is 0 Å². The molecule has 46 heavy (non-hydrogen) atoms. The summed E-state index contributed by atoms with van der Waals surface area (Å²) in [6.07, 6.45) is 36.4. The minimum atomic E-state index is -0.805. The molecule has 1 aromatic carbocycles. The molecule has 0 saturated carbocycles. The predicted molar refractivity (Wildman–Crippen MR) is 199 cm³/mol. The number of carboxylic acid groups (broad SMARTS) is 1. The van der Waals surface area contributed by atoms with Crippen LogP contribution in [0.15, 0.2) is 24.3 Å². The van der Waals surface area contributed by atoms with E-state index in [0.717, 1.165) is 43.5 Å². The summed E-state index contributed by atoms with van der Waals surface area (Å²) >= 11 is 0. The summed E-state index contributed by atoms with van der Waals surface area (Å²) in [5, 5.41) is 16.0. The van der Waals surface area contributed by atoms with Crippen LogP contribution in [0, 0.1) is 0 Å². The van der Waals surface area contributed by atoms with Crippen molar-refractivity contribution in [2.75, 3.05) is 11.9 Å². The maximum Gasteiger partial charge on any atom is 0.321 e. The van der Waals surface area contributed by atoms with Crippen molar-refractivity contribution in [3.8, 4) is 0 Å². The lowest BCUT2D eigenvalue weighted by atomic mass is 10.0. The summed E-state index contributed by atoms with van der Waals surface area (Å²) in [7, 11) is 0. The molecule has 1 aromatic rings. The number of benzene rings is 1. The molecule has 0 aliphatic rings. The minimum Gasteiger partial charge on any atom is -0.480 e. The van der Waals surface area contributed by atoms with Gasteiger partial charge >= 0.3 is 5.97 Å². The van der Waals surface area contributed by atoms with Crippen LogP contribution in [0.2, 0.25) is 0 Å². The zero-order chi connectivity index (χ0) is 33.3. The van der Waals surface area contributed by atoms with Crippen molar-refractivity contribution in [3.63, 3.8) is 0 Å². The van der Waals surface area contributed by atoms with E-state index in [1.165, 1.54) is 148 Å². The van der Waals surface area contributed by atoms with Gasteiger partial charge in [-0.3, -0.25) is 9.59 Å². The lowest BCUT2D eigenvalue weighted by Crippen LogP contribution is -2.39. The summed E-state index contributed by atoms with van der Waals surface area (Å²) in [6.45, 7) is 5.28. The van der Waals surface area contributed by atoms with Crippen LogP contribution in [0.1, 0.15) is 199 Å². The molecule has 266 valence electrons. The van der Waals surface area contributed by atoms with E-state index in [2.05, 4.69) is 24.5 Å². The Labute approximate surface area is 284 Å². The molecule has 0 bridgehead atoms. The van der Waals surface area contributed by atoms with E-state index >= 15 is 0 Å². The summed E-state index contributed by atoms with van der Waals surface area (Å²) in [4.78, 5) is 24.2. The largest absolute Gasteiger partial charge is 0.480 e. The van der Waals surface area contributed by atoms with Crippen LogP contribution in [0.5, 0.6) is 0 Å². The topological polar surface area (TPSA) is 78.4 Å². The maximum atomic E-state index is 12.4. The molecule has 0 saturated heterocycles. The first-order valence-corrected chi connectivity index (χ1v) is 19.9. The molecular formula is C41H74N2O3. The van der Waals surface area contributed by atoms with Gasteiger partial charge in [0.15, 0.2) is 0 Å². The summed E-state index contributed by atoms with van der Waals surface area (Å²) in [5.74, 6) is -0.741. The normalized spacial score (nSPS) is 12.0. The Morgan fingerprint density at radius 1 is 0.543 bits per heavy atom. The van der Waals surface area contributed by atoms with Gasteiger partial charge in [-0.05, 0) is 43.5 Å². The molecule has 0 aliphatic heterocycles. The summed E-state index contributed by atoms with van der Waals surface area (Å²) in [6, 6.07) is 7.07. The zero-order valence-corrected chi connectivity index (χ0v) is 30.4. The summed E-state index contributed by atoms with van der Waals surface area (Å²) < 4.78 is 0. The number of unbranched alkanes of at least 4 members (excludes halogenated alkanes) is 25. The molecule has 0 radical (unpaired) electrons. The van der Waals surface area contributed by atoms with Gasteiger partial charge < -0.3 is 15.7 Å². The fourth-order valence-electron chi connectivity index (χ4n) is 6.33. The van der Waals surface area contributed by atoms with E-state index in [1.807, 2.05) is 24.3 Å². The molecule has 3 N–H and O–H groups in total. The van der Waals surface area contributed by atoms with Crippen LogP contribution in [-0.4, -0.2) is 29.6 Å². The first-order valence-electron chi connectivity index (χ1n) is 19.9. The maximum absolute atomic E-state index is 12.4. The van der Waals surface area contributed by atoms with Gasteiger partial charge in [-0.25, -0.2) is 0 Å². The van der Waals surface area contributed by atoms with Gasteiger partial charge in [-0.1, -0.05) is 187 Å². The van der Waals surface area contributed by atoms with E-state index in [1.54, 1.807) is 0 Å². The zero-order valence-electron chi connectivity index (χ0n) is 30.4. The number of carbonyl (C=O) groups is 2. The Balaban J connectivity index is 2.06. The average Bonchev–Trinajstić information content (AvgIpc) is 3.05. The SMILES string of the molecule is CCCCCCCCCCCCCCCCN[C@@H](Cc1ccc(NC(=O)CCCCCCCCCCCCCCC)cc1)C(=O)O. The smallest absolute Gasteiger partial charge is 0.321 e. The predicted octanol–water partition coefficient (Wildman–Crippen LogP) is 12.2. The number of carbonyl (C=O) groups excluding carboxylic acids is 1. The molecular weight excluding hydrogens is 568 g/mol. The Morgan fingerprint density at radius 2 is 0.913 bits per heavy atom. The van der Waals surface area contributed by atoms with Crippen LogP contribution in [-0.2, 0) is 16.0 Å². The van der Waals surface area contributed by atoms with Gasteiger partial charge in [0, 0.05) is 12.1 Å². The van der Waals surface area contributed by atoms with Crippen molar-refractivity contribution in [2.45, 2.75) is 206 Å². The van der Waals surface area contributed by atoms with Gasteiger partial charge in [0.05, 0.1) is 0 Å². The standard InChI is InChI=1S/C41H74N2O3/c1-3-5-7-9-11-13-15-17-19-21-23-25-27-29-35-42-39(41(45)46)36-37-31-33-38(34-32-37)43-40(44)30-28-26-24-22-20-18-16-14-12-10-8-6-4-2/h31-34,39,42H,3-30,35-36H2,1-2H3,(H,43,44)(H,45,46)/t39-/m0/s1. The van der Waals surface area contributed by atoms with E-state index in [-0.39, 0.29) is 5.91 Å². The van der Waals surface area contributed by atoms with E-state index < -0.39 is 12.0 Å². The van der Waals surface area contributed by atoms with Crippen LogP contribution in [0.25, 0.3) is 0 Å². The lowest BCUT2D eigenvalue weighted by Gasteiger charge is -2.15. The molecule has 0 aromatic heterocycles. The quantitative estimate of drug-likeness (QED) is 0.0654. The van der Waals surface area contributed by atoms with E-state index in [0.29, 0.717) is 12.8 Å². The Hall–Kier alpha value is -1.88. The number of anilines is 1. The second-order valence-electron chi connectivity index (χ2n) is 13.9. The first-order chi connectivity index (χ1) is 22.6. The van der Waals surface area contributed by atoms with Crippen molar-refractivity contribution >= 4 is 17.6 Å².